The Bertz CT molecular complexity index is 583. The van der Waals surface area contributed by atoms with Gasteiger partial charge in [-0.3, -0.25) is 0 Å². The largest absolute Gasteiger partial charge is 0.494 e. The Kier molecular flexibility index (Phi) is 4.74. The number of halogens is 1. The molecule has 0 heterocycles. The van der Waals surface area contributed by atoms with Crippen LogP contribution >= 0.6 is 0 Å². The van der Waals surface area contributed by atoms with E-state index in [0.717, 1.165) is 16.9 Å². The van der Waals surface area contributed by atoms with Gasteiger partial charge in [0.05, 0.1) is 12.6 Å². The smallest absolute Gasteiger partial charge is 0.126 e. The molecule has 0 spiro atoms. The van der Waals surface area contributed by atoms with Gasteiger partial charge in [-0.1, -0.05) is 30.3 Å². The van der Waals surface area contributed by atoms with Crippen LogP contribution in [0.15, 0.2) is 42.5 Å². The second kappa shape index (κ2) is 6.53. The number of para-hydroxylation sites is 1. The molecule has 3 heteroatoms. The van der Waals surface area contributed by atoms with Crippen molar-refractivity contribution in [3.63, 3.8) is 0 Å². The maximum atomic E-state index is 13.4. The average Bonchev–Trinajstić information content (AvgIpc) is 2.45. The number of nitrogens with one attached hydrogen (secondary N) is 1. The van der Waals surface area contributed by atoms with E-state index in [4.69, 9.17) is 4.74 Å². The van der Waals surface area contributed by atoms with Crippen LogP contribution in [0.5, 0.6) is 5.75 Å². The summed E-state index contributed by atoms with van der Waals surface area (Å²) in [5, 5.41) is 3.28. The van der Waals surface area contributed by atoms with Gasteiger partial charge in [0.1, 0.15) is 11.6 Å². The van der Waals surface area contributed by atoms with Crippen molar-refractivity contribution in [3.05, 3.63) is 65.0 Å². The Balaban J connectivity index is 2.44. The Hall–Kier alpha value is -1.87. The van der Waals surface area contributed by atoms with Crippen molar-refractivity contribution >= 4 is 0 Å². The first kappa shape index (κ1) is 14.5. The fourth-order valence-corrected chi connectivity index (χ4v) is 2.36. The number of benzene rings is 2. The molecule has 20 heavy (non-hydrogen) atoms. The summed E-state index contributed by atoms with van der Waals surface area (Å²) in [7, 11) is 1.89. The molecule has 0 aliphatic heterocycles. The van der Waals surface area contributed by atoms with Crippen LogP contribution in [0.25, 0.3) is 0 Å². The lowest BCUT2D eigenvalue weighted by molar-refractivity contribution is 0.334. The van der Waals surface area contributed by atoms with Gasteiger partial charge in [0.25, 0.3) is 0 Å². The third-order valence-corrected chi connectivity index (χ3v) is 3.33. The molecule has 2 aromatic rings. The Labute approximate surface area is 119 Å². The van der Waals surface area contributed by atoms with E-state index < -0.39 is 0 Å². The second-order valence-electron chi connectivity index (χ2n) is 4.70. The molecule has 0 saturated carbocycles. The van der Waals surface area contributed by atoms with Crippen molar-refractivity contribution < 1.29 is 9.13 Å². The van der Waals surface area contributed by atoms with Crippen molar-refractivity contribution in [1.29, 1.82) is 0 Å². The molecular formula is C17H20FNO. The summed E-state index contributed by atoms with van der Waals surface area (Å²) in [6, 6.07) is 13.1. The molecule has 1 unspecified atom stereocenters. The van der Waals surface area contributed by atoms with Crippen LogP contribution in [0.1, 0.15) is 29.7 Å². The summed E-state index contributed by atoms with van der Waals surface area (Å²) in [6.07, 6.45) is 0. The summed E-state index contributed by atoms with van der Waals surface area (Å²) in [5.74, 6) is 0.679. The zero-order valence-corrected chi connectivity index (χ0v) is 12.1. The monoisotopic (exact) mass is 273 g/mol. The third kappa shape index (κ3) is 2.99. The Morgan fingerprint density at radius 2 is 1.95 bits per heavy atom. The molecule has 2 rings (SSSR count). The minimum Gasteiger partial charge on any atom is -0.494 e. The fourth-order valence-electron chi connectivity index (χ4n) is 2.36. The van der Waals surface area contributed by atoms with E-state index in [1.165, 1.54) is 6.07 Å². The highest BCUT2D eigenvalue weighted by Gasteiger charge is 2.17. The van der Waals surface area contributed by atoms with Crippen molar-refractivity contribution in [2.24, 2.45) is 0 Å². The van der Waals surface area contributed by atoms with Crippen LogP contribution < -0.4 is 10.1 Å². The highest BCUT2D eigenvalue weighted by Crippen LogP contribution is 2.30. The minimum absolute atomic E-state index is 0.0166. The van der Waals surface area contributed by atoms with E-state index in [0.29, 0.717) is 12.2 Å². The topological polar surface area (TPSA) is 21.3 Å². The fraction of sp³-hybridized carbons (Fsp3) is 0.294. The van der Waals surface area contributed by atoms with Gasteiger partial charge >= 0.3 is 0 Å². The summed E-state index contributed by atoms with van der Waals surface area (Å²) in [5.41, 5.74) is 2.73. The quantitative estimate of drug-likeness (QED) is 0.893. The van der Waals surface area contributed by atoms with Crippen molar-refractivity contribution in [3.8, 4) is 5.75 Å². The summed E-state index contributed by atoms with van der Waals surface area (Å²) in [4.78, 5) is 0. The second-order valence-corrected chi connectivity index (χ2v) is 4.70. The zero-order valence-electron chi connectivity index (χ0n) is 12.1. The Morgan fingerprint density at radius 1 is 1.20 bits per heavy atom. The van der Waals surface area contributed by atoms with E-state index in [9.17, 15) is 4.39 Å². The number of hydrogen-bond donors (Lipinski definition) is 1. The molecule has 1 atom stereocenters. The standard InChI is InChI=1S/C17H20FNO/c1-4-20-16-8-6-5-7-14(16)17(19-3)13-9-10-15(18)12(2)11-13/h5-11,17,19H,4H2,1-3H3. The van der Waals surface area contributed by atoms with Gasteiger partial charge in [-0.05, 0) is 44.2 Å². The summed E-state index contributed by atoms with van der Waals surface area (Å²) >= 11 is 0. The molecule has 1 N–H and O–H groups in total. The van der Waals surface area contributed by atoms with Crippen LogP contribution in [0.2, 0.25) is 0 Å². The van der Waals surface area contributed by atoms with Gasteiger partial charge in [0.2, 0.25) is 0 Å². The van der Waals surface area contributed by atoms with Gasteiger partial charge in [0.15, 0.2) is 0 Å². The molecule has 0 saturated heterocycles. The number of aryl methyl sites for hydroxylation is 1. The van der Waals surface area contributed by atoms with Crippen LogP contribution in [-0.2, 0) is 0 Å². The SMILES string of the molecule is CCOc1ccccc1C(NC)c1ccc(F)c(C)c1. The molecule has 2 nitrogen and oxygen atoms in total. The van der Waals surface area contributed by atoms with Crippen LogP contribution in [0.4, 0.5) is 4.39 Å². The number of ether oxygens (including phenoxy) is 1. The van der Waals surface area contributed by atoms with E-state index in [-0.39, 0.29) is 11.9 Å². The molecule has 2 aromatic carbocycles. The van der Waals surface area contributed by atoms with Gasteiger partial charge in [-0.25, -0.2) is 4.39 Å². The molecule has 106 valence electrons. The lowest BCUT2D eigenvalue weighted by Crippen LogP contribution is -2.19. The Morgan fingerprint density at radius 3 is 2.60 bits per heavy atom. The first-order chi connectivity index (χ1) is 9.67. The van der Waals surface area contributed by atoms with E-state index in [2.05, 4.69) is 5.32 Å². The molecule has 0 aliphatic carbocycles. The number of rotatable bonds is 5. The van der Waals surface area contributed by atoms with E-state index in [1.54, 1.807) is 6.92 Å². The highest BCUT2D eigenvalue weighted by molar-refractivity contribution is 5.42. The molecule has 0 aliphatic rings. The van der Waals surface area contributed by atoms with Gasteiger partial charge in [-0.15, -0.1) is 0 Å². The zero-order chi connectivity index (χ0) is 14.5. The molecular weight excluding hydrogens is 253 g/mol. The van der Waals surface area contributed by atoms with E-state index >= 15 is 0 Å². The molecule has 0 amide bonds. The first-order valence-corrected chi connectivity index (χ1v) is 6.82. The molecule has 0 radical (unpaired) electrons. The van der Waals surface area contributed by atoms with Gasteiger partial charge in [-0.2, -0.15) is 0 Å². The van der Waals surface area contributed by atoms with Crippen LogP contribution in [0, 0.1) is 12.7 Å². The summed E-state index contributed by atoms with van der Waals surface area (Å²) < 4.78 is 19.1. The third-order valence-electron chi connectivity index (χ3n) is 3.33. The normalized spacial score (nSPS) is 12.2. The van der Waals surface area contributed by atoms with Gasteiger partial charge in [0, 0.05) is 5.56 Å². The predicted octanol–water partition coefficient (Wildman–Crippen LogP) is 3.84. The maximum absolute atomic E-state index is 13.4. The maximum Gasteiger partial charge on any atom is 0.126 e. The predicted molar refractivity (Wildman–Crippen MR) is 79.7 cm³/mol. The molecule has 0 fully saturated rings. The van der Waals surface area contributed by atoms with E-state index in [1.807, 2.05) is 50.4 Å². The lowest BCUT2D eigenvalue weighted by Gasteiger charge is -2.21. The van der Waals surface area contributed by atoms with Crippen molar-refractivity contribution in [2.75, 3.05) is 13.7 Å². The van der Waals surface area contributed by atoms with Crippen LogP contribution in [0.3, 0.4) is 0 Å². The lowest BCUT2D eigenvalue weighted by atomic mass is 9.96. The van der Waals surface area contributed by atoms with Crippen molar-refractivity contribution in [2.45, 2.75) is 19.9 Å². The highest BCUT2D eigenvalue weighted by atomic mass is 19.1. The number of hydrogen-bond acceptors (Lipinski definition) is 2. The minimum atomic E-state index is -0.179. The first-order valence-electron chi connectivity index (χ1n) is 6.82. The van der Waals surface area contributed by atoms with Gasteiger partial charge < -0.3 is 10.1 Å². The summed E-state index contributed by atoms with van der Waals surface area (Å²) in [6.45, 7) is 4.36. The molecule has 0 aromatic heterocycles. The molecule has 0 bridgehead atoms. The van der Waals surface area contributed by atoms with Crippen LogP contribution in [-0.4, -0.2) is 13.7 Å². The average molecular weight is 273 g/mol. The van der Waals surface area contributed by atoms with Crippen molar-refractivity contribution in [1.82, 2.24) is 5.32 Å².